The van der Waals surface area contributed by atoms with E-state index in [1.165, 1.54) is 0 Å². The van der Waals surface area contributed by atoms with Crippen LogP contribution < -0.4 is 5.32 Å². The minimum Gasteiger partial charge on any atom is -0.394 e. The monoisotopic (exact) mass is 316 g/mol. The number of hydrogen-bond acceptors (Lipinski definition) is 4. The Labute approximate surface area is 139 Å². The van der Waals surface area contributed by atoms with Gasteiger partial charge in [0.2, 0.25) is 0 Å². The van der Waals surface area contributed by atoms with Gasteiger partial charge in [0.25, 0.3) is 0 Å². The van der Waals surface area contributed by atoms with Crippen molar-refractivity contribution >= 4 is 0 Å². The number of nitrogens with one attached hydrogen (secondary N) is 1. The lowest BCUT2D eigenvalue weighted by molar-refractivity contribution is 0.0267. The summed E-state index contributed by atoms with van der Waals surface area (Å²) in [6, 6.07) is 9.07. The molecule has 4 nitrogen and oxygen atoms in total. The molecule has 0 heterocycles. The Morgan fingerprint density at radius 3 is 2.48 bits per heavy atom. The third-order valence-electron chi connectivity index (χ3n) is 4.85. The summed E-state index contributed by atoms with van der Waals surface area (Å²) < 4.78 is 0. The Hall–Kier alpha value is -1.41. The fraction of sp³-hybridized carbons (Fsp3) is 0.632. The van der Waals surface area contributed by atoms with Crippen molar-refractivity contribution in [3.05, 3.63) is 35.4 Å². The Morgan fingerprint density at radius 1 is 1.30 bits per heavy atom. The molecule has 23 heavy (non-hydrogen) atoms. The zero-order valence-electron chi connectivity index (χ0n) is 14.3. The number of hydrogen-bond donors (Lipinski definition) is 3. The van der Waals surface area contributed by atoms with Crippen LogP contribution in [0.1, 0.15) is 57.3 Å². The van der Waals surface area contributed by atoms with Crippen LogP contribution in [0.3, 0.4) is 0 Å². The predicted molar refractivity (Wildman–Crippen MR) is 90.7 cm³/mol. The van der Waals surface area contributed by atoms with E-state index in [1.54, 1.807) is 24.3 Å². The Balaban J connectivity index is 2.03. The zero-order valence-corrected chi connectivity index (χ0v) is 14.3. The Bertz CT molecular complexity index is 562. The van der Waals surface area contributed by atoms with Crippen molar-refractivity contribution in [1.29, 1.82) is 5.26 Å². The molecular weight excluding hydrogens is 288 g/mol. The van der Waals surface area contributed by atoms with E-state index in [2.05, 4.69) is 32.2 Å². The maximum Gasteiger partial charge on any atom is 0.0991 e. The molecule has 0 amide bonds. The van der Waals surface area contributed by atoms with E-state index in [9.17, 15) is 10.2 Å². The smallest absolute Gasteiger partial charge is 0.0991 e. The molecule has 0 spiro atoms. The molecule has 1 fully saturated rings. The standard InChI is InChI=1S/C19H28N2O2/c1-14-8-18(2,3)12-19(9-14,13-22)21-11-17(23)16-6-4-15(10-20)5-7-16/h4-7,14,17,21-23H,8-9,11-13H2,1-3H3. The highest BCUT2D eigenvalue weighted by Gasteiger charge is 2.42. The molecule has 0 aliphatic heterocycles. The highest BCUT2D eigenvalue weighted by molar-refractivity contribution is 5.32. The van der Waals surface area contributed by atoms with Crippen LogP contribution in [-0.2, 0) is 0 Å². The van der Waals surface area contributed by atoms with Gasteiger partial charge in [-0.15, -0.1) is 0 Å². The molecular formula is C19H28N2O2. The molecule has 0 radical (unpaired) electrons. The molecule has 4 heteroatoms. The van der Waals surface area contributed by atoms with Crippen LogP contribution in [0.4, 0.5) is 0 Å². The highest BCUT2D eigenvalue weighted by atomic mass is 16.3. The molecule has 0 bridgehead atoms. The van der Waals surface area contributed by atoms with Gasteiger partial charge in [-0.1, -0.05) is 32.9 Å². The van der Waals surface area contributed by atoms with Crippen LogP contribution in [0.15, 0.2) is 24.3 Å². The third-order valence-corrected chi connectivity index (χ3v) is 4.85. The van der Waals surface area contributed by atoms with Crippen molar-refractivity contribution in [2.75, 3.05) is 13.2 Å². The van der Waals surface area contributed by atoms with Gasteiger partial charge in [0.1, 0.15) is 0 Å². The van der Waals surface area contributed by atoms with Gasteiger partial charge in [0, 0.05) is 12.1 Å². The minimum atomic E-state index is -0.647. The second kappa shape index (κ2) is 7.00. The number of nitriles is 1. The summed E-state index contributed by atoms with van der Waals surface area (Å²) in [5.74, 6) is 0.547. The lowest BCUT2D eigenvalue weighted by Gasteiger charge is -2.47. The lowest BCUT2D eigenvalue weighted by atomic mass is 9.64. The molecule has 1 aliphatic rings. The van der Waals surface area contributed by atoms with Gasteiger partial charge in [0.15, 0.2) is 0 Å². The molecule has 0 aromatic heterocycles. The fourth-order valence-electron chi connectivity index (χ4n) is 4.26. The van der Waals surface area contributed by atoms with Crippen molar-refractivity contribution in [1.82, 2.24) is 5.32 Å². The molecule has 1 aromatic rings. The van der Waals surface area contributed by atoms with Gasteiger partial charge < -0.3 is 15.5 Å². The van der Waals surface area contributed by atoms with Crippen molar-refractivity contribution in [2.24, 2.45) is 11.3 Å². The molecule has 126 valence electrons. The molecule has 3 atom stereocenters. The van der Waals surface area contributed by atoms with Crippen LogP contribution in [0.2, 0.25) is 0 Å². The summed E-state index contributed by atoms with van der Waals surface area (Å²) in [5.41, 5.74) is 1.23. The summed E-state index contributed by atoms with van der Waals surface area (Å²) in [4.78, 5) is 0. The van der Waals surface area contributed by atoms with Gasteiger partial charge in [-0.05, 0) is 48.3 Å². The van der Waals surface area contributed by atoms with Crippen molar-refractivity contribution < 1.29 is 10.2 Å². The Morgan fingerprint density at radius 2 is 1.96 bits per heavy atom. The van der Waals surface area contributed by atoms with Gasteiger partial charge in [0.05, 0.1) is 24.3 Å². The average Bonchev–Trinajstić information content (AvgIpc) is 2.51. The van der Waals surface area contributed by atoms with Gasteiger partial charge >= 0.3 is 0 Å². The molecule has 0 saturated heterocycles. The summed E-state index contributed by atoms with van der Waals surface area (Å²) in [7, 11) is 0. The van der Waals surface area contributed by atoms with E-state index in [4.69, 9.17) is 5.26 Å². The topological polar surface area (TPSA) is 76.3 Å². The number of aliphatic hydroxyl groups is 2. The van der Waals surface area contributed by atoms with E-state index >= 15 is 0 Å². The molecule has 1 saturated carbocycles. The van der Waals surface area contributed by atoms with E-state index < -0.39 is 6.10 Å². The number of benzene rings is 1. The largest absolute Gasteiger partial charge is 0.394 e. The summed E-state index contributed by atoms with van der Waals surface area (Å²) in [5, 5.41) is 32.6. The molecule has 3 N–H and O–H groups in total. The third kappa shape index (κ3) is 4.54. The van der Waals surface area contributed by atoms with Crippen LogP contribution in [-0.4, -0.2) is 28.9 Å². The lowest BCUT2D eigenvalue weighted by Crippen LogP contribution is -2.56. The quantitative estimate of drug-likeness (QED) is 0.781. The van der Waals surface area contributed by atoms with E-state index in [1.807, 2.05) is 0 Å². The zero-order chi connectivity index (χ0) is 17.1. The van der Waals surface area contributed by atoms with E-state index in [0.717, 1.165) is 24.8 Å². The number of aliphatic hydroxyl groups excluding tert-OH is 2. The second-order valence-electron chi connectivity index (χ2n) is 7.92. The first-order chi connectivity index (χ1) is 10.8. The highest BCUT2D eigenvalue weighted by Crippen LogP contribution is 2.43. The molecule has 1 aliphatic carbocycles. The summed E-state index contributed by atoms with van der Waals surface area (Å²) in [6.07, 6.45) is 2.34. The first-order valence-electron chi connectivity index (χ1n) is 8.33. The van der Waals surface area contributed by atoms with Gasteiger partial charge in [-0.2, -0.15) is 5.26 Å². The average molecular weight is 316 g/mol. The first kappa shape index (κ1) is 17.9. The summed E-state index contributed by atoms with van der Waals surface area (Å²) in [6.45, 7) is 7.19. The van der Waals surface area contributed by atoms with Crippen molar-refractivity contribution in [3.63, 3.8) is 0 Å². The minimum absolute atomic E-state index is 0.0842. The van der Waals surface area contributed by atoms with Gasteiger partial charge in [-0.3, -0.25) is 0 Å². The SMILES string of the molecule is CC1CC(C)(C)CC(CO)(NCC(O)c2ccc(C#N)cc2)C1. The van der Waals surface area contributed by atoms with Crippen LogP contribution in [0.25, 0.3) is 0 Å². The fourth-order valence-corrected chi connectivity index (χ4v) is 4.26. The van der Waals surface area contributed by atoms with E-state index in [-0.39, 0.29) is 17.6 Å². The number of β-amino-alcohol motifs (C(OH)–C–C–N with tert-alkyl or cyclic N) is 1. The Kier molecular flexibility index (Phi) is 5.46. The normalized spacial score (nSPS) is 28.1. The maximum atomic E-state index is 10.4. The van der Waals surface area contributed by atoms with Crippen LogP contribution in [0, 0.1) is 22.7 Å². The molecule has 2 rings (SSSR count). The maximum absolute atomic E-state index is 10.4. The van der Waals surface area contributed by atoms with Crippen LogP contribution in [0.5, 0.6) is 0 Å². The van der Waals surface area contributed by atoms with Crippen LogP contribution >= 0.6 is 0 Å². The number of rotatable bonds is 5. The first-order valence-corrected chi connectivity index (χ1v) is 8.33. The summed E-state index contributed by atoms with van der Waals surface area (Å²) >= 11 is 0. The predicted octanol–water partition coefficient (Wildman–Crippen LogP) is 2.76. The van der Waals surface area contributed by atoms with Gasteiger partial charge in [-0.25, -0.2) is 0 Å². The second-order valence-corrected chi connectivity index (χ2v) is 7.92. The van der Waals surface area contributed by atoms with Crippen molar-refractivity contribution in [3.8, 4) is 6.07 Å². The van der Waals surface area contributed by atoms with E-state index in [0.29, 0.717) is 18.0 Å². The van der Waals surface area contributed by atoms with Crippen molar-refractivity contribution in [2.45, 2.75) is 51.7 Å². The molecule has 3 unspecified atom stereocenters. The molecule has 1 aromatic carbocycles. The number of nitrogens with zero attached hydrogens (tertiary/aromatic N) is 1.